The lowest BCUT2D eigenvalue weighted by molar-refractivity contribution is -0.117. The maximum atomic E-state index is 11.3. The van der Waals surface area contributed by atoms with Gasteiger partial charge in [-0.3, -0.25) is 4.79 Å². The minimum absolute atomic E-state index is 0.0399. The van der Waals surface area contributed by atoms with Crippen LogP contribution in [0.25, 0.3) is 0 Å². The second-order valence-electron chi connectivity index (χ2n) is 4.49. The van der Waals surface area contributed by atoms with Crippen LogP contribution in [0.1, 0.15) is 13.3 Å². The van der Waals surface area contributed by atoms with Crippen molar-refractivity contribution in [2.24, 2.45) is 0 Å². The average molecular weight is 286 g/mol. The van der Waals surface area contributed by atoms with Gasteiger partial charge in [0.1, 0.15) is 11.5 Å². The summed E-state index contributed by atoms with van der Waals surface area (Å²) in [5, 5.41) is 28.3. The first-order valence-corrected chi connectivity index (χ1v) is 6.34. The van der Waals surface area contributed by atoms with Gasteiger partial charge in [0.25, 0.3) is 0 Å². The van der Waals surface area contributed by atoms with Crippen molar-refractivity contribution < 1.29 is 20.1 Å². The van der Waals surface area contributed by atoms with Crippen LogP contribution in [0.15, 0.2) is 83.6 Å². The molecule has 0 saturated heterocycles. The molecule has 0 aromatic carbocycles. The summed E-state index contributed by atoms with van der Waals surface area (Å²) in [5.74, 6) is -0.854. The molecule has 4 heteroatoms. The maximum Gasteiger partial charge on any atom is 0.200 e. The minimum atomic E-state index is -0.386. The molecule has 21 heavy (non-hydrogen) atoms. The summed E-state index contributed by atoms with van der Waals surface area (Å²) >= 11 is 0. The molecular formula is C17H18O4. The van der Waals surface area contributed by atoms with Crippen LogP contribution in [0.5, 0.6) is 0 Å². The Balaban J connectivity index is 2.90. The topological polar surface area (TPSA) is 77.8 Å². The van der Waals surface area contributed by atoms with Gasteiger partial charge in [-0.25, -0.2) is 0 Å². The van der Waals surface area contributed by atoms with Crippen molar-refractivity contribution in [2.45, 2.75) is 13.3 Å². The highest BCUT2D eigenvalue weighted by Crippen LogP contribution is 2.15. The molecule has 0 aromatic rings. The number of ketones is 1. The highest BCUT2D eigenvalue weighted by molar-refractivity contribution is 5.95. The van der Waals surface area contributed by atoms with E-state index in [1.807, 2.05) is 6.92 Å². The van der Waals surface area contributed by atoms with Gasteiger partial charge < -0.3 is 15.3 Å². The number of carbonyl (C=O) groups is 1. The second kappa shape index (κ2) is 7.75. The molecule has 0 fully saturated rings. The number of aliphatic hydroxyl groups is 3. The first kappa shape index (κ1) is 16.3. The molecule has 0 heterocycles. The van der Waals surface area contributed by atoms with Gasteiger partial charge in [-0.05, 0) is 25.2 Å². The van der Waals surface area contributed by atoms with Crippen LogP contribution in [0.4, 0.5) is 0 Å². The largest absolute Gasteiger partial charge is 0.509 e. The van der Waals surface area contributed by atoms with Crippen LogP contribution in [-0.4, -0.2) is 21.1 Å². The van der Waals surface area contributed by atoms with Gasteiger partial charge in [-0.2, -0.15) is 0 Å². The van der Waals surface area contributed by atoms with Crippen molar-refractivity contribution in [3.8, 4) is 0 Å². The molecule has 0 unspecified atom stereocenters. The molecule has 0 amide bonds. The van der Waals surface area contributed by atoms with Gasteiger partial charge in [0.15, 0.2) is 5.76 Å². The number of Topliss-reactive ketones (excluding diaryl/α,β-unsaturated/α-hetero) is 1. The van der Waals surface area contributed by atoms with E-state index in [0.717, 1.165) is 5.57 Å². The summed E-state index contributed by atoms with van der Waals surface area (Å²) in [4.78, 5) is 11.3. The highest BCUT2D eigenvalue weighted by Gasteiger charge is 2.10. The molecule has 0 spiro atoms. The van der Waals surface area contributed by atoms with Crippen LogP contribution >= 0.6 is 0 Å². The SMILES string of the molecule is C=C(O)\C=C/C=C(C)/C=C/C(O)=C1\C=CCC(=O)C(O)=C1. The van der Waals surface area contributed by atoms with E-state index in [1.165, 1.54) is 18.2 Å². The first-order chi connectivity index (χ1) is 9.90. The van der Waals surface area contributed by atoms with Crippen molar-refractivity contribution in [2.75, 3.05) is 0 Å². The Hall–Kier alpha value is -2.75. The predicted octanol–water partition coefficient (Wildman–Crippen LogP) is 3.90. The Kier molecular flexibility index (Phi) is 6.01. The molecule has 0 radical (unpaired) electrons. The molecule has 1 rings (SSSR count). The van der Waals surface area contributed by atoms with E-state index < -0.39 is 0 Å². The number of aliphatic hydroxyl groups excluding tert-OH is 3. The van der Waals surface area contributed by atoms with Gasteiger partial charge in [-0.15, -0.1) is 0 Å². The van der Waals surface area contributed by atoms with Crippen LogP contribution in [0.2, 0.25) is 0 Å². The van der Waals surface area contributed by atoms with Crippen LogP contribution in [-0.2, 0) is 4.79 Å². The van der Waals surface area contributed by atoms with Gasteiger partial charge >= 0.3 is 0 Å². The quantitative estimate of drug-likeness (QED) is 0.541. The normalized spacial score (nSPS) is 19.0. The molecule has 0 aliphatic heterocycles. The van der Waals surface area contributed by atoms with Crippen molar-refractivity contribution in [1.29, 1.82) is 0 Å². The Bertz CT molecular complexity index is 611. The van der Waals surface area contributed by atoms with E-state index >= 15 is 0 Å². The fourth-order valence-corrected chi connectivity index (χ4v) is 1.51. The summed E-state index contributed by atoms with van der Waals surface area (Å²) in [6.07, 6.45) is 12.4. The zero-order valence-corrected chi connectivity index (χ0v) is 11.8. The van der Waals surface area contributed by atoms with Gasteiger partial charge in [0.2, 0.25) is 5.78 Å². The number of hydrogen-bond donors (Lipinski definition) is 3. The van der Waals surface area contributed by atoms with Gasteiger partial charge in [0, 0.05) is 12.0 Å². The Morgan fingerprint density at radius 1 is 1.29 bits per heavy atom. The first-order valence-electron chi connectivity index (χ1n) is 6.34. The fraction of sp³-hybridized carbons (Fsp3) is 0.118. The molecule has 4 nitrogen and oxygen atoms in total. The van der Waals surface area contributed by atoms with E-state index in [4.69, 9.17) is 5.11 Å². The van der Waals surface area contributed by atoms with Crippen molar-refractivity contribution in [1.82, 2.24) is 0 Å². The number of carbonyl (C=O) groups excluding carboxylic acids is 1. The Labute approximate surface area is 123 Å². The highest BCUT2D eigenvalue weighted by atomic mass is 16.3. The van der Waals surface area contributed by atoms with Gasteiger partial charge in [-0.1, -0.05) is 42.5 Å². The predicted molar refractivity (Wildman–Crippen MR) is 82.9 cm³/mol. The molecule has 0 aromatic heterocycles. The lowest BCUT2D eigenvalue weighted by Crippen LogP contribution is -1.98. The number of hydrogen-bond acceptors (Lipinski definition) is 4. The molecule has 1 aliphatic carbocycles. The zero-order valence-electron chi connectivity index (χ0n) is 11.8. The molecular weight excluding hydrogens is 268 g/mol. The standard InChI is InChI=1S/C17H18O4/c1-12(5-3-6-13(2)18)9-10-15(19)14-7-4-8-16(20)17(21)11-14/h3-7,9-11,18-19,21H,2,8H2,1H3/b6-3-,10-9+,12-5+,15-14-. The minimum Gasteiger partial charge on any atom is -0.509 e. The molecule has 1 aliphatic rings. The Morgan fingerprint density at radius 2 is 2.00 bits per heavy atom. The average Bonchev–Trinajstić information content (AvgIpc) is 2.58. The summed E-state index contributed by atoms with van der Waals surface area (Å²) in [6, 6.07) is 0. The molecule has 3 N–H and O–H groups in total. The van der Waals surface area contributed by atoms with Gasteiger partial charge in [0.05, 0.1) is 0 Å². The Morgan fingerprint density at radius 3 is 2.67 bits per heavy atom. The van der Waals surface area contributed by atoms with E-state index in [-0.39, 0.29) is 29.5 Å². The number of allylic oxidation sites excluding steroid dienone is 11. The number of rotatable bonds is 4. The molecule has 0 saturated carbocycles. The van der Waals surface area contributed by atoms with E-state index in [2.05, 4.69) is 6.58 Å². The maximum absolute atomic E-state index is 11.3. The van der Waals surface area contributed by atoms with E-state index in [1.54, 1.807) is 30.4 Å². The lowest BCUT2D eigenvalue weighted by atomic mass is 10.1. The van der Waals surface area contributed by atoms with Crippen molar-refractivity contribution in [3.05, 3.63) is 83.6 Å². The molecule has 0 atom stereocenters. The van der Waals surface area contributed by atoms with Crippen molar-refractivity contribution >= 4 is 5.78 Å². The van der Waals surface area contributed by atoms with E-state index in [0.29, 0.717) is 5.57 Å². The monoisotopic (exact) mass is 286 g/mol. The third-order valence-corrected chi connectivity index (χ3v) is 2.63. The molecule has 110 valence electrons. The van der Waals surface area contributed by atoms with Crippen LogP contribution in [0.3, 0.4) is 0 Å². The van der Waals surface area contributed by atoms with Crippen molar-refractivity contribution in [3.63, 3.8) is 0 Å². The fourth-order valence-electron chi connectivity index (χ4n) is 1.51. The van der Waals surface area contributed by atoms with Crippen LogP contribution in [0, 0.1) is 0 Å². The second-order valence-corrected chi connectivity index (χ2v) is 4.49. The lowest BCUT2D eigenvalue weighted by Gasteiger charge is -1.98. The smallest absolute Gasteiger partial charge is 0.200 e. The van der Waals surface area contributed by atoms with Crippen LogP contribution < -0.4 is 0 Å². The van der Waals surface area contributed by atoms with E-state index in [9.17, 15) is 15.0 Å². The summed E-state index contributed by atoms with van der Waals surface area (Å²) in [7, 11) is 0. The molecule has 0 bridgehead atoms. The third kappa shape index (κ3) is 5.82. The summed E-state index contributed by atoms with van der Waals surface area (Å²) in [6.45, 7) is 5.14. The zero-order chi connectivity index (χ0) is 15.8. The summed E-state index contributed by atoms with van der Waals surface area (Å²) in [5.41, 5.74) is 1.20. The third-order valence-electron chi connectivity index (χ3n) is 2.63. The summed E-state index contributed by atoms with van der Waals surface area (Å²) < 4.78 is 0.